The van der Waals surface area contributed by atoms with Crippen molar-refractivity contribution in [2.24, 2.45) is 11.8 Å². The Morgan fingerprint density at radius 3 is 0.932 bits per heavy atom. The minimum Gasteiger partial charge on any atom is -0.354 e. The fraction of sp³-hybridized carbons (Fsp3) is 0.469. The van der Waals surface area contributed by atoms with E-state index in [1.165, 1.54) is 54.4 Å². The Hall–Kier alpha value is -3.10. The molecule has 4 aromatic rings. The Kier molecular flexibility index (Phi) is 12.1. The maximum Gasteiger partial charge on any atom is 0.224 e. The molecule has 4 atom stereocenters. The molecule has 12 rings (SSSR count). The van der Waals surface area contributed by atoms with E-state index >= 15 is 0 Å². The van der Waals surface area contributed by atoms with Gasteiger partial charge in [0.1, 0.15) is 0 Å². The lowest BCUT2D eigenvalue weighted by atomic mass is 9.61. The SMILES string of the molecule is O=C1NCC2(N3CCCC3)CC(c3ccc(Cl)cc3)C1C(c1ccc(Cl)cc1)C2.O=C1NCC2(N3CCCCC3)CC(c3ccc(Cl)cc3)C1C(c1ccc(Cl)cc1)C2. The number of fused-ring (bicyclic) bond motifs is 8. The fourth-order valence-corrected chi connectivity index (χ4v) is 12.6. The zero-order valence-electron chi connectivity index (χ0n) is 33.5. The number of halogens is 4. The van der Waals surface area contributed by atoms with Crippen LogP contribution in [-0.4, -0.2) is 72.0 Å². The van der Waals surface area contributed by atoms with E-state index in [9.17, 15) is 9.59 Å². The number of nitrogens with one attached hydrogen (secondary N) is 2. The van der Waals surface area contributed by atoms with Gasteiger partial charge in [-0.2, -0.15) is 0 Å². The van der Waals surface area contributed by atoms with Crippen LogP contribution in [0.15, 0.2) is 97.1 Å². The molecule has 6 saturated heterocycles. The Labute approximate surface area is 369 Å². The number of rotatable bonds is 6. The largest absolute Gasteiger partial charge is 0.354 e. The Bertz CT molecular complexity index is 1990. The second-order valence-electron chi connectivity index (χ2n) is 18.1. The molecular formula is C49H54Cl4N4O2. The number of hydrogen-bond donors (Lipinski definition) is 2. The van der Waals surface area contributed by atoms with E-state index in [-0.39, 0.29) is 58.4 Å². The molecule has 4 bridgehead atoms. The lowest BCUT2D eigenvalue weighted by Crippen LogP contribution is -2.57. The second kappa shape index (κ2) is 17.3. The topological polar surface area (TPSA) is 64.7 Å². The van der Waals surface area contributed by atoms with E-state index in [1.807, 2.05) is 48.5 Å². The first-order valence-electron chi connectivity index (χ1n) is 21.7. The predicted molar refractivity (Wildman–Crippen MR) is 240 cm³/mol. The molecule has 4 aromatic carbocycles. The van der Waals surface area contributed by atoms with Crippen molar-refractivity contribution < 1.29 is 9.59 Å². The molecule has 6 heterocycles. The predicted octanol–water partition coefficient (Wildman–Crippen LogP) is 10.9. The van der Waals surface area contributed by atoms with Gasteiger partial charge < -0.3 is 10.6 Å². The lowest BCUT2D eigenvalue weighted by molar-refractivity contribution is -0.126. The molecule has 6 nitrogen and oxygen atoms in total. The van der Waals surface area contributed by atoms with Crippen molar-refractivity contribution in [2.45, 2.75) is 92.5 Å². The number of carbonyl (C=O) groups excluding carboxylic acids is 2. The molecule has 2 N–H and O–H groups in total. The van der Waals surface area contributed by atoms with Crippen molar-refractivity contribution in [2.75, 3.05) is 39.3 Å². The summed E-state index contributed by atoms with van der Waals surface area (Å²) in [6.07, 6.45) is 10.4. The number of amides is 2. The van der Waals surface area contributed by atoms with Gasteiger partial charge in [-0.25, -0.2) is 0 Å². The van der Waals surface area contributed by atoms with Crippen molar-refractivity contribution in [3.8, 4) is 0 Å². The average molecular weight is 873 g/mol. The highest BCUT2D eigenvalue weighted by molar-refractivity contribution is 6.31. The lowest BCUT2D eigenvalue weighted by Gasteiger charge is -2.52. The van der Waals surface area contributed by atoms with Crippen molar-refractivity contribution in [1.29, 1.82) is 0 Å². The van der Waals surface area contributed by atoms with E-state index < -0.39 is 0 Å². The van der Waals surface area contributed by atoms with Gasteiger partial charge in [0.25, 0.3) is 0 Å². The number of benzene rings is 4. The number of nitrogens with zero attached hydrogens (tertiary/aromatic N) is 2. The maximum absolute atomic E-state index is 13.4. The van der Waals surface area contributed by atoms with Crippen molar-refractivity contribution >= 4 is 58.2 Å². The van der Waals surface area contributed by atoms with Crippen LogP contribution in [0.3, 0.4) is 0 Å². The molecule has 310 valence electrons. The summed E-state index contributed by atoms with van der Waals surface area (Å²) in [6.45, 7) is 6.00. The molecular weight excluding hydrogens is 818 g/mol. The van der Waals surface area contributed by atoms with E-state index in [4.69, 9.17) is 46.4 Å². The van der Waals surface area contributed by atoms with Crippen LogP contribution in [0, 0.1) is 11.8 Å². The van der Waals surface area contributed by atoms with Crippen LogP contribution in [-0.2, 0) is 9.59 Å². The molecule has 2 amide bonds. The number of carbonyl (C=O) groups is 2. The fourth-order valence-electron chi connectivity index (χ4n) is 12.1. The van der Waals surface area contributed by atoms with Crippen LogP contribution >= 0.6 is 46.4 Å². The molecule has 8 fully saturated rings. The second-order valence-corrected chi connectivity index (χ2v) is 19.9. The van der Waals surface area contributed by atoms with E-state index in [0.29, 0.717) is 0 Å². The smallest absolute Gasteiger partial charge is 0.224 e. The first-order valence-corrected chi connectivity index (χ1v) is 23.2. The highest BCUT2D eigenvalue weighted by atomic mass is 35.5. The highest BCUT2D eigenvalue weighted by Crippen LogP contribution is 2.56. The summed E-state index contributed by atoms with van der Waals surface area (Å²) < 4.78 is 0. The Morgan fingerprint density at radius 1 is 0.407 bits per heavy atom. The molecule has 2 aliphatic carbocycles. The molecule has 0 spiro atoms. The summed E-state index contributed by atoms with van der Waals surface area (Å²) in [5.41, 5.74) is 4.89. The molecule has 2 saturated carbocycles. The van der Waals surface area contributed by atoms with Crippen molar-refractivity contribution in [3.63, 3.8) is 0 Å². The van der Waals surface area contributed by atoms with Gasteiger partial charge in [0.15, 0.2) is 0 Å². The number of piperidine rings is 1. The molecule has 59 heavy (non-hydrogen) atoms. The molecule has 6 aliphatic heterocycles. The van der Waals surface area contributed by atoms with Gasteiger partial charge in [-0.15, -0.1) is 0 Å². The van der Waals surface area contributed by atoms with E-state index in [2.05, 4.69) is 69.0 Å². The van der Waals surface area contributed by atoms with Crippen molar-refractivity contribution in [3.05, 3.63) is 139 Å². The molecule has 8 aliphatic rings. The first-order chi connectivity index (χ1) is 28.6. The molecule has 10 heteroatoms. The first kappa shape index (κ1) is 41.3. The Balaban J connectivity index is 0.000000152. The number of likely N-dealkylation sites (tertiary alicyclic amines) is 2. The van der Waals surface area contributed by atoms with Gasteiger partial charge in [-0.05, 0) is 172 Å². The Morgan fingerprint density at radius 2 is 0.661 bits per heavy atom. The summed E-state index contributed by atoms with van der Waals surface area (Å²) in [4.78, 5) is 32.1. The van der Waals surface area contributed by atoms with Gasteiger partial charge in [0.2, 0.25) is 11.8 Å². The monoisotopic (exact) mass is 870 g/mol. The van der Waals surface area contributed by atoms with Crippen LogP contribution in [0.2, 0.25) is 20.1 Å². The molecule has 0 radical (unpaired) electrons. The third kappa shape index (κ3) is 8.32. The summed E-state index contributed by atoms with van der Waals surface area (Å²) in [5, 5.41) is 9.60. The zero-order chi connectivity index (χ0) is 40.7. The third-order valence-electron chi connectivity index (χ3n) is 14.9. The van der Waals surface area contributed by atoms with Crippen LogP contribution in [0.1, 0.15) is 104 Å². The summed E-state index contributed by atoms with van der Waals surface area (Å²) in [5.74, 6) is 0.954. The van der Waals surface area contributed by atoms with E-state index in [1.54, 1.807) is 0 Å². The zero-order valence-corrected chi connectivity index (χ0v) is 36.6. The summed E-state index contributed by atoms with van der Waals surface area (Å²) in [7, 11) is 0. The third-order valence-corrected chi connectivity index (χ3v) is 15.9. The van der Waals surface area contributed by atoms with Crippen LogP contribution < -0.4 is 10.6 Å². The van der Waals surface area contributed by atoms with Gasteiger partial charge in [-0.1, -0.05) is 101 Å². The highest BCUT2D eigenvalue weighted by Gasteiger charge is 2.56. The number of hydrogen-bond acceptors (Lipinski definition) is 4. The van der Waals surface area contributed by atoms with Gasteiger partial charge in [0.05, 0.1) is 11.8 Å². The molecule has 0 aromatic heterocycles. The van der Waals surface area contributed by atoms with Gasteiger partial charge in [0, 0.05) is 44.3 Å². The van der Waals surface area contributed by atoms with Gasteiger partial charge >= 0.3 is 0 Å². The normalized spacial score (nSPS) is 32.1. The minimum atomic E-state index is -0.0761. The van der Waals surface area contributed by atoms with Crippen LogP contribution in [0.5, 0.6) is 0 Å². The average Bonchev–Trinajstić information content (AvgIpc) is 3.61. The van der Waals surface area contributed by atoms with Crippen LogP contribution in [0.25, 0.3) is 0 Å². The molecule has 4 unspecified atom stereocenters. The summed E-state index contributed by atoms with van der Waals surface area (Å²) in [6, 6.07) is 32.5. The van der Waals surface area contributed by atoms with Crippen molar-refractivity contribution in [1.82, 2.24) is 20.4 Å². The minimum absolute atomic E-state index is 0.00230. The standard InChI is InChI=1S/C25H28Cl2N2O.C24H26Cl2N2O/c26-19-8-4-17(5-9-19)21-14-25(29-12-2-1-3-13-29)15-22(23(21)24(30)28-16-25)18-6-10-20(27)11-7-18;25-18-7-3-16(4-8-18)20-13-24(28-11-1-2-12-28)14-21(22(20)23(29)27-15-24)17-5-9-19(26)10-6-17/h4-11,21-23H,1-3,12-16H2,(H,28,30);3-10,20-22H,1-2,11-15H2,(H,27,29). The van der Waals surface area contributed by atoms with Gasteiger partial charge in [-0.3, -0.25) is 19.4 Å². The quantitative estimate of drug-likeness (QED) is 0.203. The summed E-state index contributed by atoms with van der Waals surface area (Å²) >= 11 is 24.7. The maximum atomic E-state index is 13.4. The van der Waals surface area contributed by atoms with Crippen LogP contribution in [0.4, 0.5) is 0 Å². The van der Waals surface area contributed by atoms with E-state index in [0.717, 1.165) is 85.0 Å².